The first-order valence-electron chi connectivity index (χ1n) is 23.9. The van der Waals surface area contributed by atoms with Gasteiger partial charge in [0.25, 0.3) is 0 Å². The van der Waals surface area contributed by atoms with E-state index in [1.165, 1.54) is 89.1 Å². The van der Waals surface area contributed by atoms with E-state index < -0.39 is 5.41 Å². The van der Waals surface area contributed by atoms with Crippen molar-refractivity contribution < 1.29 is 4.74 Å². The van der Waals surface area contributed by atoms with Gasteiger partial charge in [-0.3, -0.25) is 0 Å². The van der Waals surface area contributed by atoms with Gasteiger partial charge in [0, 0.05) is 38.9 Å². The fourth-order valence-corrected chi connectivity index (χ4v) is 12.6. The highest BCUT2D eigenvalue weighted by molar-refractivity contribution is 5.97. The van der Waals surface area contributed by atoms with Crippen LogP contribution in [-0.4, -0.2) is 0 Å². The van der Waals surface area contributed by atoms with Gasteiger partial charge in [0.1, 0.15) is 11.5 Å². The summed E-state index contributed by atoms with van der Waals surface area (Å²) in [5, 5.41) is 0. The van der Waals surface area contributed by atoms with Crippen LogP contribution in [0.2, 0.25) is 0 Å². The molecule has 2 nitrogen and oxygen atoms in total. The molecule has 0 bridgehead atoms. The lowest BCUT2D eigenvalue weighted by atomic mass is 9.66. The smallest absolute Gasteiger partial charge is 0.132 e. The molecule has 0 fully saturated rings. The molecular weight excluding hydrogens is 811 g/mol. The minimum absolute atomic E-state index is 0.143. The second kappa shape index (κ2) is 13.8. The fraction of sp³-hybridized carbons (Fsp3) is 0.169. The quantitative estimate of drug-likeness (QED) is 0.175. The maximum absolute atomic E-state index is 7.05. The molecule has 3 aliphatic carbocycles. The molecule has 324 valence electrons. The molecule has 1 heterocycles. The summed E-state index contributed by atoms with van der Waals surface area (Å²) in [7, 11) is 0. The fourth-order valence-electron chi connectivity index (χ4n) is 12.6. The van der Waals surface area contributed by atoms with E-state index in [9.17, 15) is 0 Å². The number of rotatable bonds is 4. The molecule has 9 aromatic rings. The number of fused-ring (bicyclic) bond motifs is 15. The van der Waals surface area contributed by atoms with Crippen molar-refractivity contribution in [2.24, 2.45) is 0 Å². The molecule has 2 heteroatoms. The molecular formula is C65H53NO. The van der Waals surface area contributed by atoms with Gasteiger partial charge in [-0.05, 0) is 126 Å². The zero-order chi connectivity index (χ0) is 45.6. The summed E-state index contributed by atoms with van der Waals surface area (Å²) in [6.45, 7) is 16.5. The van der Waals surface area contributed by atoms with Crippen LogP contribution in [0, 0.1) is 0 Å². The Morgan fingerprint density at radius 2 is 0.910 bits per heavy atom. The summed E-state index contributed by atoms with van der Waals surface area (Å²) in [6.07, 6.45) is 0. The Kier molecular flexibility index (Phi) is 8.23. The standard InChI is InChI=1S/C65H53NO/c1-62(2,3)42-35-41(40-31-34-55-60(37-40)67-59-30-17-16-27-54(59)65(55)52-25-14-9-20-46(52)47-21-10-15-26-53(47)65)36-44(38-42)66(43-32-33-48-45-19-8-12-23-50(45)64(6,7)57(48)39-43)58-29-18-28-56-61(58)49-22-11-13-24-51(49)63(56,4)5/h8-39H,1-7H3. The average Bonchev–Trinajstić information content (AvgIpc) is 3.86. The van der Waals surface area contributed by atoms with Crippen molar-refractivity contribution in [2.45, 2.75) is 70.1 Å². The van der Waals surface area contributed by atoms with Crippen molar-refractivity contribution in [1.82, 2.24) is 0 Å². The molecule has 0 atom stereocenters. The van der Waals surface area contributed by atoms with E-state index in [1.54, 1.807) is 0 Å². The number of ether oxygens (including phenoxy) is 1. The van der Waals surface area contributed by atoms with Crippen LogP contribution in [0.5, 0.6) is 11.5 Å². The molecule has 0 saturated heterocycles. The third-order valence-electron chi connectivity index (χ3n) is 15.9. The molecule has 1 aliphatic heterocycles. The predicted molar refractivity (Wildman–Crippen MR) is 278 cm³/mol. The summed E-state index contributed by atoms with van der Waals surface area (Å²) >= 11 is 0. The van der Waals surface area contributed by atoms with Crippen molar-refractivity contribution in [3.05, 3.63) is 244 Å². The minimum Gasteiger partial charge on any atom is -0.457 e. The summed E-state index contributed by atoms with van der Waals surface area (Å²) in [6, 6.07) is 73.0. The number of para-hydroxylation sites is 1. The summed E-state index contributed by atoms with van der Waals surface area (Å²) < 4.78 is 7.05. The van der Waals surface area contributed by atoms with Crippen LogP contribution in [-0.2, 0) is 21.7 Å². The number of hydrogen-bond donors (Lipinski definition) is 0. The van der Waals surface area contributed by atoms with Crippen molar-refractivity contribution in [2.75, 3.05) is 4.90 Å². The predicted octanol–water partition coefficient (Wildman–Crippen LogP) is 17.2. The third-order valence-corrected chi connectivity index (χ3v) is 15.9. The van der Waals surface area contributed by atoms with E-state index in [0.717, 1.165) is 34.0 Å². The zero-order valence-electron chi connectivity index (χ0n) is 39.3. The Balaban J connectivity index is 1.05. The molecule has 0 saturated carbocycles. The lowest BCUT2D eigenvalue weighted by Gasteiger charge is -2.39. The van der Waals surface area contributed by atoms with Crippen LogP contribution in [0.4, 0.5) is 17.1 Å². The molecule has 9 aromatic carbocycles. The van der Waals surface area contributed by atoms with Crippen molar-refractivity contribution in [3.63, 3.8) is 0 Å². The van der Waals surface area contributed by atoms with Gasteiger partial charge < -0.3 is 9.64 Å². The Bertz CT molecular complexity index is 3510. The topological polar surface area (TPSA) is 12.5 Å². The van der Waals surface area contributed by atoms with Crippen LogP contribution >= 0.6 is 0 Å². The van der Waals surface area contributed by atoms with Crippen molar-refractivity contribution in [1.29, 1.82) is 0 Å². The average molecular weight is 864 g/mol. The van der Waals surface area contributed by atoms with Gasteiger partial charge >= 0.3 is 0 Å². The number of nitrogens with zero attached hydrogens (tertiary/aromatic N) is 1. The van der Waals surface area contributed by atoms with Gasteiger partial charge in [-0.15, -0.1) is 0 Å². The van der Waals surface area contributed by atoms with Crippen LogP contribution < -0.4 is 9.64 Å². The number of anilines is 3. The summed E-state index contributed by atoms with van der Waals surface area (Å²) in [5.41, 5.74) is 24.3. The lowest BCUT2D eigenvalue weighted by molar-refractivity contribution is 0.436. The molecule has 67 heavy (non-hydrogen) atoms. The highest BCUT2D eigenvalue weighted by atomic mass is 16.5. The molecule has 1 spiro atoms. The molecule has 0 amide bonds. The van der Waals surface area contributed by atoms with E-state index >= 15 is 0 Å². The molecule has 0 radical (unpaired) electrons. The van der Waals surface area contributed by atoms with Gasteiger partial charge in [0.2, 0.25) is 0 Å². The zero-order valence-corrected chi connectivity index (χ0v) is 39.3. The SMILES string of the molecule is CC(C)(C)c1cc(-c2ccc3c(c2)Oc2ccccc2C32c3ccccc3-c3ccccc32)cc(N(c2ccc3c(c2)C(C)(C)c2ccccc2-3)c2cccc3c2-c2ccccc2C3(C)C)c1. The van der Waals surface area contributed by atoms with Crippen LogP contribution in [0.15, 0.2) is 194 Å². The summed E-state index contributed by atoms with van der Waals surface area (Å²) in [5.74, 6) is 1.79. The van der Waals surface area contributed by atoms with Gasteiger partial charge in [0.15, 0.2) is 0 Å². The maximum atomic E-state index is 7.05. The van der Waals surface area contributed by atoms with E-state index in [0.29, 0.717) is 0 Å². The van der Waals surface area contributed by atoms with Gasteiger partial charge in [-0.25, -0.2) is 0 Å². The van der Waals surface area contributed by atoms with Crippen LogP contribution in [0.25, 0.3) is 44.5 Å². The largest absolute Gasteiger partial charge is 0.457 e. The van der Waals surface area contributed by atoms with E-state index in [4.69, 9.17) is 4.74 Å². The van der Waals surface area contributed by atoms with Crippen molar-refractivity contribution >= 4 is 17.1 Å². The highest BCUT2D eigenvalue weighted by Gasteiger charge is 2.51. The second-order valence-corrected chi connectivity index (χ2v) is 21.3. The first-order valence-corrected chi connectivity index (χ1v) is 23.9. The number of hydrogen-bond acceptors (Lipinski definition) is 2. The third kappa shape index (κ3) is 5.45. The molecule has 0 N–H and O–H groups in total. The van der Waals surface area contributed by atoms with Crippen molar-refractivity contribution in [3.8, 4) is 56.0 Å². The van der Waals surface area contributed by atoms with E-state index in [2.05, 4.69) is 247 Å². The van der Waals surface area contributed by atoms with E-state index in [1.807, 2.05) is 0 Å². The van der Waals surface area contributed by atoms with Gasteiger partial charge in [0.05, 0.1) is 11.1 Å². The maximum Gasteiger partial charge on any atom is 0.132 e. The highest BCUT2D eigenvalue weighted by Crippen LogP contribution is 2.63. The van der Waals surface area contributed by atoms with Gasteiger partial charge in [-0.1, -0.05) is 200 Å². The monoisotopic (exact) mass is 863 g/mol. The Labute approximate surface area is 395 Å². The van der Waals surface area contributed by atoms with Crippen LogP contribution in [0.1, 0.15) is 98.5 Å². The Hall–Kier alpha value is -7.42. The molecule has 4 aliphatic rings. The molecule has 13 rings (SSSR count). The summed E-state index contributed by atoms with van der Waals surface area (Å²) in [4.78, 5) is 2.56. The Morgan fingerprint density at radius 1 is 0.373 bits per heavy atom. The van der Waals surface area contributed by atoms with E-state index in [-0.39, 0.29) is 16.2 Å². The number of benzene rings is 9. The molecule has 0 aromatic heterocycles. The van der Waals surface area contributed by atoms with Gasteiger partial charge in [-0.2, -0.15) is 0 Å². The first kappa shape index (κ1) is 39.9. The minimum atomic E-state index is -0.510. The van der Waals surface area contributed by atoms with Crippen LogP contribution in [0.3, 0.4) is 0 Å². The first-order chi connectivity index (χ1) is 32.4. The Morgan fingerprint density at radius 3 is 1.60 bits per heavy atom. The molecule has 0 unspecified atom stereocenters. The normalized spacial score (nSPS) is 15.6. The lowest BCUT2D eigenvalue weighted by Crippen LogP contribution is -2.32. The second-order valence-electron chi connectivity index (χ2n) is 21.3.